The second kappa shape index (κ2) is 8.14. The number of rotatable bonds is 6. The molecule has 6 nitrogen and oxygen atoms in total. The number of halogens is 1. The van der Waals surface area contributed by atoms with Crippen LogP contribution in [0.1, 0.15) is 41.5 Å². The van der Waals surface area contributed by atoms with Gasteiger partial charge in [0.05, 0.1) is 12.3 Å². The maximum Gasteiger partial charge on any atom is 0.211 e. The summed E-state index contributed by atoms with van der Waals surface area (Å²) in [6, 6.07) is 0. The Morgan fingerprint density at radius 3 is 2.23 bits per heavy atom. The van der Waals surface area contributed by atoms with Crippen molar-refractivity contribution >= 4 is 40.0 Å². The Labute approximate surface area is 152 Å². The standard InChI is InChI=1S/C14H30N4O2S.HI/c1-7-15-12(16-9-10-17-21(19,20)8-2)18-11-13(3,4)14(18,5)6;/h17H,7-11H2,1-6H3,(H,15,16);1H. The van der Waals surface area contributed by atoms with Gasteiger partial charge in [-0.2, -0.15) is 0 Å². The number of nitrogens with zero attached hydrogens (tertiary/aromatic N) is 2. The van der Waals surface area contributed by atoms with Crippen LogP contribution >= 0.6 is 24.0 Å². The van der Waals surface area contributed by atoms with Crippen LogP contribution in [0, 0.1) is 5.41 Å². The summed E-state index contributed by atoms with van der Waals surface area (Å²) in [5.74, 6) is 0.960. The molecule has 0 bridgehead atoms. The average Bonchev–Trinajstić information content (AvgIpc) is 2.40. The highest BCUT2D eigenvalue weighted by molar-refractivity contribution is 14.0. The molecule has 0 aromatic rings. The molecule has 1 aliphatic heterocycles. The molecule has 22 heavy (non-hydrogen) atoms. The summed E-state index contributed by atoms with van der Waals surface area (Å²) in [7, 11) is -3.14. The minimum Gasteiger partial charge on any atom is -0.356 e. The van der Waals surface area contributed by atoms with Gasteiger partial charge >= 0.3 is 0 Å². The maximum absolute atomic E-state index is 11.4. The second-order valence-corrected chi connectivity index (χ2v) is 8.66. The van der Waals surface area contributed by atoms with E-state index in [0.29, 0.717) is 13.1 Å². The Bertz CT molecular complexity index is 489. The molecule has 1 fully saturated rings. The van der Waals surface area contributed by atoms with E-state index in [9.17, 15) is 8.42 Å². The maximum atomic E-state index is 11.4. The number of likely N-dealkylation sites (tertiary alicyclic amines) is 1. The monoisotopic (exact) mass is 446 g/mol. The number of aliphatic imine (C=N–C) groups is 1. The molecule has 2 N–H and O–H groups in total. The van der Waals surface area contributed by atoms with Crippen LogP contribution in [-0.4, -0.2) is 56.7 Å². The summed E-state index contributed by atoms with van der Waals surface area (Å²) in [6.07, 6.45) is 0. The fourth-order valence-corrected chi connectivity index (χ4v) is 2.87. The molecule has 0 atom stereocenters. The highest BCUT2D eigenvalue weighted by Crippen LogP contribution is 2.46. The third-order valence-corrected chi connectivity index (χ3v) is 5.95. The molecular weight excluding hydrogens is 415 g/mol. The van der Waals surface area contributed by atoms with Crippen LogP contribution in [0.3, 0.4) is 0 Å². The number of guanidine groups is 1. The van der Waals surface area contributed by atoms with E-state index in [4.69, 9.17) is 0 Å². The highest BCUT2D eigenvalue weighted by atomic mass is 127. The van der Waals surface area contributed by atoms with E-state index in [0.717, 1.165) is 19.0 Å². The third-order valence-electron chi connectivity index (χ3n) is 4.55. The predicted octanol–water partition coefficient (Wildman–Crippen LogP) is 1.63. The minimum absolute atomic E-state index is 0. The van der Waals surface area contributed by atoms with Gasteiger partial charge in [0.1, 0.15) is 0 Å². The summed E-state index contributed by atoms with van der Waals surface area (Å²) in [5.41, 5.74) is 0.282. The van der Waals surface area contributed by atoms with Gasteiger partial charge in [-0.15, -0.1) is 24.0 Å². The number of hydrogen-bond acceptors (Lipinski definition) is 3. The normalized spacial score (nSPS) is 20.1. The first kappa shape index (κ1) is 21.9. The van der Waals surface area contributed by atoms with Crippen LogP contribution in [0.25, 0.3) is 0 Å². The lowest BCUT2D eigenvalue weighted by Crippen LogP contribution is -2.72. The van der Waals surface area contributed by atoms with Gasteiger partial charge in [-0.3, -0.25) is 4.99 Å². The summed E-state index contributed by atoms with van der Waals surface area (Å²) in [6.45, 7) is 15.1. The van der Waals surface area contributed by atoms with Gasteiger partial charge in [-0.05, 0) is 27.7 Å². The highest BCUT2D eigenvalue weighted by Gasteiger charge is 2.53. The zero-order valence-electron chi connectivity index (χ0n) is 14.6. The molecule has 1 aliphatic rings. The van der Waals surface area contributed by atoms with E-state index in [1.165, 1.54) is 0 Å². The van der Waals surface area contributed by atoms with E-state index in [1.54, 1.807) is 6.92 Å². The van der Waals surface area contributed by atoms with Gasteiger partial charge in [0, 0.05) is 30.6 Å². The lowest BCUT2D eigenvalue weighted by molar-refractivity contribution is -0.0667. The number of nitrogens with one attached hydrogen (secondary N) is 2. The van der Waals surface area contributed by atoms with Gasteiger partial charge < -0.3 is 10.2 Å². The van der Waals surface area contributed by atoms with Crippen molar-refractivity contribution in [1.82, 2.24) is 14.9 Å². The van der Waals surface area contributed by atoms with Gasteiger partial charge in [-0.1, -0.05) is 13.8 Å². The summed E-state index contributed by atoms with van der Waals surface area (Å²) in [5, 5.41) is 3.29. The molecule has 1 heterocycles. The first-order chi connectivity index (χ1) is 9.57. The topological polar surface area (TPSA) is 73.8 Å². The molecule has 0 unspecified atom stereocenters. The van der Waals surface area contributed by atoms with Crippen molar-refractivity contribution in [1.29, 1.82) is 0 Å². The van der Waals surface area contributed by atoms with E-state index >= 15 is 0 Å². The molecule has 0 spiro atoms. The quantitative estimate of drug-likeness (QED) is 0.282. The van der Waals surface area contributed by atoms with Crippen LogP contribution < -0.4 is 10.0 Å². The van der Waals surface area contributed by atoms with Crippen LogP contribution in [0.15, 0.2) is 4.99 Å². The fourth-order valence-electron chi connectivity index (χ4n) is 2.26. The summed E-state index contributed by atoms with van der Waals surface area (Å²) in [4.78, 5) is 6.79. The smallest absolute Gasteiger partial charge is 0.211 e. The summed E-state index contributed by atoms with van der Waals surface area (Å²) >= 11 is 0. The molecule has 8 heteroatoms. The van der Waals surface area contributed by atoms with E-state index < -0.39 is 10.0 Å². The Kier molecular flexibility index (Phi) is 8.11. The van der Waals surface area contributed by atoms with Gasteiger partial charge in [-0.25, -0.2) is 13.1 Å². The van der Waals surface area contributed by atoms with E-state index in [1.807, 2.05) is 6.92 Å². The van der Waals surface area contributed by atoms with Crippen molar-refractivity contribution in [3.05, 3.63) is 0 Å². The van der Waals surface area contributed by atoms with Crippen molar-refractivity contribution < 1.29 is 8.42 Å². The fraction of sp³-hybridized carbons (Fsp3) is 0.929. The Morgan fingerprint density at radius 1 is 1.23 bits per heavy atom. The molecule has 1 rings (SSSR count). The van der Waals surface area contributed by atoms with Crippen LogP contribution in [0.2, 0.25) is 0 Å². The first-order valence-corrected chi connectivity index (χ1v) is 9.26. The average molecular weight is 446 g/mol. The van der Waals surface area contributed by atoms with Crippen LogP contribution in [0.4, 0.5) is 0 Å². The Morgan fingerprint density at radius 2 is 1.82 bits per heavy atom. The van der Waals surface area contributed by atoms with Crippen molar-refractivity contribution in [2.45, 2.75) is 47.1 Å². The Hall–Kier alpha value is -0.0900. The third kappa shape index (κ3) is 4.95. The first-order valence-electron chi connectivity index (χ1n) is 7.60. The zero-order chi connectivity index (χ0) is 16.3. The van der Waals surface area contributed by atoms with Crippen molar-refractivity contribution in [3.63, 3.8) is 0 Å². The molecule has 0 aliphatic carbocycles. The minimum atomic E-state index is -3.14. The van der Waals surface area contributed by atoms with Gasteiger partial charge in [0.15, 0.2) is 5.96 Å². The molecule has 0 amide bonds. The van der Waals surface area contributed by atoms with Gasteiger partial charge in [0.2, 0.25) is 10.0 Å². The molecule has 1 saturated heterocycles. The van der Waals surface area contributed by atoms with E-state index in [-0.39, 0.29) is 40.7 Å². The summed E-state index contributed by atoms with van der Waals surface area (Å²) < 4.78 is 25.3. The lowest BCUT2D eigenvalue weighted by Gasteiger charge is -2.62. The number of sulfonamides is 1. The van der Waals surface area contributed by atoms with Crippen LogP contribution in [0.5, 0.6) is 0 Å². The predicted molar refractivity (Wildman–Crippen MR) is 103 cm³/mol. The largest absolute Gasteiger partial charge is 0.356 e. The molecule has 0 aromatic heterocycles. The van der Waals surface area contributed by atoms with Crippen LogP contribution in [-0.2, 0) is 10.0 Å². The van der Waals surface area contributed by atoms with Crippen molar-refractivity contribution in [2.24, 2.45) is 10.4 Å². The second-order valence-electron chi connectivity index (χ2n) is 6.56. The SMILES string of the molecule is CCNC(=NCCNS(=O)(=O)CC)N1CC(C)(C)C1(C)C.I. The Balaban J connectivity index is 0.00000441. The van der Waals surface area contributed by atoms with Crippen molar-refractivity contribution in [2.75, 3.05) is 31.9 Å². The molecule has 132 valence electrons. The van der Waals surface area contributed by atoms with Crippen molar-refractivity contribution in [3.8, 4) is 0 Å². The lowest BCUT2D eigenvalue weighted by atomic mass is 9.65. The molecule has 0 aromatic carbocycles. The molecular formula is C14H31IN4O2S. The zero-order valence-corrected chi connectivity index (χ0v) is 17.7. The number of hydrogen-bond donors (Lipinski definition) is 2. The van der Waals surface area contributed by atoms with Gasteiger partial charge in [0.25, 0.3) is 0 Å². The van der Waals surface area contributed by atoms with E-state index in [2.05, 4.69) is 47.6 Å². The molecule has 0 radical (unpaired) electrons. The molecule has 0 saturated carbocycles.